The van der Waals surface area contributed by atoms with Crippen LogP contribution in [0.15, 0.2) is 54.6 Å². The molecule has 27 heavy (non-hydrogen) atoms. The van der Waals surface area contributed by atoms with Crippen LogP contribution in [-0.2, 0) is 12.6 Å². The number of hydrogen-bond acceptors (Lipinski definition) is 3. The van der Waals surface area contributed by atoms with E-state index in [0.29, 0.717) is 11.3 Å². The quantitative estimate of drug-likeness (QED) is 0.669. The van der Waals surface area contributed by atoms with Crippen molar-refractivity contribution in [1.82, 2.24) is 4.98 Å². The Bertz CT molecular complexity index is 1020. The highest BCUT2D eigenvalue weighted by molar-refractivity contribution is 5.80. The van der Waals surface area contributed by atoms with E-state index in [1.54, 1.807) is 6.07 Å². The fourth-order valence-electron chi connectivity index (χ4n) is 2.83. The molecule has 0 amide bonds. The number of aromatic nitrogens is 1. The van der Waals surface area contributed by atoms with Gasteiger partial charge in [-0.3, -0.25) is 0 Å². The van der Waals surface area contributed by atoms with Crippen LogP contribution in [0.1, 0.15) is 23.6 Å². The molecule has 2 aromatic carbocycles. The number of nitrogen functional groups attached to an aromatic ring is 1. The summed E-state index contributed by atoms with van der Waals surface area (Å²) < 4.78 is 39.2. The normalized spacial score (nSPS) is 11.2. The third-order valence-corrected chi connectivity index (χ3v) is 4.32. The molecule has 2 N–H and O–H groups in total. The molecule has 0 aliphatic rings. The van der Waals surface area contributed by atoms with Gasteiger partial charge in [-0.1, -0.05) is 43.3 Å². The Morgan fingerprint density at radius 1 is 1.04 bits per heavy atom. The molecule has 3 aromatic rings. The third-order valence-electron chi connectivity index (χ3n) is 4.32. The van der Waals surface area contributed by atoms with Crippen LogP contribution in [0.4, 0.5) is 19.0 Å². The third kappa shape index (κ3) is 3.77. The van der Waals surface area contributed by atoms with E-state index >= 15 is 0 Å². The molecule has 0 aliphatic carbocycles. The molecule has 0 saturated carbocycles. The van der Waals surface area contributed by atoms with E-state index in [9.17, 15) is 18.4 Å². The number of pyridine rings is 1. The van der Waals surface area contributed by atoms with Gasteiger partial charge in [0.25, 0.3) is 0 Å². The van der Waals surface area contributed by atoms with Crippen LogP contribution in [0.2, 0.25) is 0 Å². The van der Waals surface area contributed by atoms with Crippen LogP contribution in [0.25, 0.3) is 22.4 Å². The summed E-state index contributed by atoms with van der Waals surface area (Å²) in [7, 11) is 0. The van der Waals surface area contributed by atoms with Crippen molar-refractivity contribution in [2.45, 2.75) is 19.5 Å². The van der Waals surface area contributed by atoms with Gasteiger partial charge in [-0.05, 0) is 35.7 Å². The molecular formula is C21H16F3N3. The van der Waals surface area contributed by atoms with Gasteiger partial charge in [-0.15, -0.1) is 0 Å². The molecule has 0 radical (unpaired) electrons. The lowest BCUT2D eigenvalue weighted by Crippen LogP contribution is -2.05. The van der Waals surface area contributed by atoms with Crippen molar-refractivity contribution in [3.8, 4) is 28.5 Å². The first-order valence-electron chi connectivity index (χ1n) is 8.31. The van der Waals surface area contributed by atoms with Crippen molar-refractivity contribution in [2.75, 3.05) is 5.73 Å². The maximum Gasteiger partial charge on any atom is 0.416 e. The van der Waals surface area contributed by atoms with E-state index in [1.165, 1.54) is 12.1 Å². The average molecular weight is 367 g/mol. The number of halogens is 3. The molecule has 136 valence electrons. The first-order valence-corrected chi connectivity index (χ1v) is 8.31. The van der Waals surface area contributed by atoms with Gasteiger partial charge in [-0.2, -0.15) is 18.4 Å². The highest BCUT2D eigenvalue weighted by atomic mass is 19.4. The zero-order valence-corrected chi connectivity index (χ0v) is 14.5. The summed E-state index contributed by atoms with van der Waals surface area (Å²) in [6.45, 7) is 2.04. The van der Waals surface area contributed by atoms with E-state index in [-0.39, 0.29) is 16.9 Å². The van der Waals surface area contributed by atoms with Gasteiger partial charge in [0.1, 0.15) is 17.5 Å². The summed E-state index contributed by atoms with van der Waals surface area (Å²) in [6, 6.07) is 16.1. The van der Waals surface area contributed by atoms with Crippen molar-refractivity contribution in [2.24, 2.45) is 0 Å². The van der Waals surface area contributed by atoms with Crippen molar-refractivity contribution in [3.63, 3.8) is 0 Å². The second kappa shape index (κ2) is 7.12. The molecule has 0 saturated heterocycles. The molecule has 0 spiro atoms. The van der Waals surface area contributed by atoms with Gasteiger partial charge < -0.3 is 5.73 Å². The fraction of sp³-hybridized carbons (Fsp3) is 0.143. The van der Waals surface area contributed by atoms with Crippen molar-refractivity contribution in [1.29, 1.82) is 5.26 Å². The molecule has 0 fully saturated rings. The maximum atomic E-state index is 13.1. The van der Waals surface area contributed by atoms with E-state index < -0.39 is 11.7 Å². The van der Waals surface area contributed by atoms with Crippen LogP contribution in [0, 0.1) is 11.3 Å². The Kier molecular flexibility index (Phi) is 4.87. The first kappa shape index (κ1) is 18.5. The highest BCUT2D eigenvalue weighted by Crippen LogP contribution is 2.35. The lowest BCUT2D eigenvalue weighted by Gasteiger charge is -2.13. The lowest BCUT2D eigenvalue weighted by molar-refractivity contribution is -0.137. The number of nitriles is 1. The Hall–Kier alpha value is -3.33. The minimum atomic E-state index is -4.47. The second-order valence-corrected chi connectivity index (χ2v) is 6.06. The zero-order chi connectivity index (χ0) is 19.6. The first-order chi connectivity index (χ1) is 12.8. The van der Waals surface area contributed by atoms with Crippen LogP contribution >= 0.6 is 0 Å². The monoisotopic (exact) mass is 367 g/mol. The molecule has 0 aliphatic heterocycles. The summed E-state index contributed by atoms with van der Waals surface area (Å²) in [4.78, 5) is 4.26. The minimum absolute atomic E-state index is 0.0121. The largest absolute Gasteiger partial charge is 0.416 e. The number of aryl methyl sites for hydroxylation is 1. The summed E-state index contributed by atoms with van der Waals surface area (Å²) in [5.74, 6) is -0.0121. The number of anilines is 1. The predicted octanol–water partition coefficient (Wildman–Crippen LogP) is 5.45. The number of benzene rings is 2. The standard InChI is InChI=1S/C21H16F3N3/c1-2-13-6-8-14(9-7-13)19-11-17(18(12-25)20(26)27-19)15-4-3-5-16(10-15)21(22,23)24/h3-11H,2H2,1H3,(H2,26,27). The molecule has 6 heteroatoms. The molecule has 1 aromatic heterocycles. The Balaban J connectivity index is 2.17. The fourth-order valence-corrected chi connectivity index (χ4v) is 2.83. The molecule has 3 nitrogen and oxygen atoms in total. The van der Waals surface area contributed by atoms with E-state index in [1.807, 2.05) is 37.3 Å². The molecular weight excluding hydrogens is 351 g/mol. The van der Waals surface area contributed by atoms with E-state index in [4.69, 9.17) is 5.73 Å². The second-order valence-electron chi connectivity index (χ2n) is 6.06. The van der Waals surface area contributed by atoms with Crippen molar-refractivity contribution < 1.29 is 13.2 Å². The Morgan fingerprint density at radius 3 is 2.33 bits per heavy atom. The number of rotatable bonds is 3. The van der Waals surface area contributed by atoms with Crippen LogP contribution in [-0.4, -0.2) is 4.98 Å². The molecule has 0 bridgehead atoms. The molecule has 3 rings (SSSR count). The van der Waals surface area contributed by atoms with Crippen LogP contribution < -0.4 is 5.73 Å². The average Bonchev–Trinajstić information content (AvgIpc) is 2.67. The number of alkyl halides is 3. The number of nitrogens with two attached hydrogens (primary N) is 1. The van der Waals surface area contributed by atoms with Gasteiger partial charge in [-0.25, -0.2) is 4.98 Å². The topological polar surface area (TPSA) is 62.7 Å². The van der Waals surface area contributed by atoms with Gasteiger partial charge >= 0.3 is 6.18 Å². The summed E-state index contributed by atoms with van der Waals surface area (Å²) in [5, 5.41) is 9.43. The van der Waals surface area contributed by atoms with Gasteiger partial charge in [0.05, 0.1) is 11.3 Å². The summed E-state index contributed by atoms with van der Waals surface area (Å²) in [6.07, 6.45) is -3.58. The van der Waals surface area contributed by atoms with Crippen molar-refractivity contribution >= 4 is 5.82 Å². The predicted molar refractivity (Wildman–Crippen MR) is 98.6 cm³/mol. The maximum absolute atomic E-state index is 13.1. The number of hydrogen-bond donors (Lipinski definition) is 1. The van der Waals surface area contributed by atoms with E-state index in [0.717, 1.165) is 29.7 Å². The van der Waals surface area contributed by atoms with Crippen LogP contribution in [0.3, 0.4) is 0 Å². The van der Waals surface area contributed by atoms with Crippen molar-refractivity contribution in [3.05, 3.63) is 71.3 Å². The Labute approximate surface area is 154 Å². The van der Waals surface area contributed by atoms with E-state index in [2.05, 4.69) is 4.98 Å². The summed E-state index contributed by atoms with van der Waals surface area (Å²) in [5.41, 5.74) is 8.22. The van der Waals surface area contributed by atoms with Gasteiger partial charge in [0.15, 0.2) is 0 Å². The smallest absolute Gasteiger partial charge is 0.383 e. The Morgan fingerprint density at radius 2 is 1.74 bits per heavy atom. The van der Waals surface area contributed by atoms with Gasteiger partial charge in [0, 0.05) is 11.1 Å². The highest BCUT2D eigenvalue weighted by Gasteiger charge is 2.30. The molecule has 0 unspecified atom stereocenters. The molecule has 1 heterocycles. The summed E-state index contributed by atoms with van der Waals surface area (Å²) >= 11 is 0. The van der Waals surface area contributed by atoms with Gasteiger partial charge in [0.2, 0.25) is 0 Å². The zero-order valence-electron chi connectivity index (χ0n) is 14.5. The molecule has 0 atom stereocenters. The SMILES string of the molecule is CCc1ccc(-c2cc(-c3cccc(C(F)(F)F)c3)c(C#N)c(N)n2)cc1. The minimum Gasteiger partial charge on any atom is -0.383 e. The lowest BCUT2D eigenvalue weighted by atomic mass is 9.96. The van der Waals surface area contributed by atoms with Crippen LogP contribution in [0.5, 0.6) is 0 Å². The number of nitrogens with zero attached hydrogens (tertiary/aromatic N) is 2.